The van der Waals surface area contributed by atoms with E-state index in [-0.39, 0.29) is 58.9 Å². The Bertz CT molecular complexity index is 73.1. The fraction of sp³-hybridized carbons (Fsp3) is 0.231. The maximum atomic E-state index is 8.25. The molecule has 0 aliphatic heterocycles. The Morgan fingerprint density at radius 3 is 0.824 bits per heavy atom. The zero-order valence-corrected chi connectivity index (χ0v) is 14.2. The molecule has 1 aromatic carbocycles. The molecule has 0 unspecified atom stereocenters. The van der Waals surface area contributed by atoms with Gasteiger partial charge in [0.05, 0.1) is 0 Å². The van der Waals surface area contributed by atoms with Crippen LogP contribution < -0.4 is 15.3 Å². The van der Waals surface area contributed by atoms with Gasteiger partial charge in [0.2, 0.25) is 0 Å². The third-order valence-corrected chi connectivity index (χ3v) is 0.556. The molecule has 0 saturated carbocycles. The summed E-state index contributed by atoms with van der Waals surface area (Å²) in [5.74, 6) is 0. The first-order chi connectivity index (χ1) is 5.50. The number of rotatable bonds is 0. The van der Waals surface area contributed by atoms with Gasteiger partial charge in [-0.05, 0) is 0 Å². The zero-order valence-electron chi connectivity index (χ0n) is 12.6. The van der Waals surface area contributed by atoms with Crippen LogP contribution in [0.15, 0.2) is 30.3 Å². The van der Waals surface area contributed by atoms with Gasteiger partial charge in [0.1, 0.15) is 0 Å². The van der Waals surface area contributed by atoms with E-state index in [4.69, 9.17) is 15.3 Å². The van der Waals surface area contributed by atoms with Gasteiger partial charge in [0.15, 0.2) is 0 Å². The van der Waals surface area contributed by atoms with E-state index in [9.17, 15) is 0 Å². The molecule has 4 heteroatoms. The zero-order chi connectivity index (χ0) is 9.54. The molecule has 0 aliphatic rings. The van der Waals surface area contributed by atoms with Gasteiger partial charge in [-0.2, -0.15) is 39.5 Å². The van der Waals surface area contributed by atoms with Crippen LogP contribution in [0.3, 0.4) is 0 Å². The predicted octanol–water partition coefficient (Wildman–Crippen LogP) is 0.584. The first-order valence-electron chi connectivity index (χ1n) is 2.89. The van der Waals surface area contributed by atoms with Gasteiger partial charge in [-0.15, -0.1) is 0 Å². The van der Waals surface area contributed by atoms with Gasteiger partial charge in [0, 0.05) is 21.7 Å². The third kappa shape index (κ3) is 127. The first kappa shape index (κ1) is 68.3. The van der Waals surface area contributed by atoms with Crippen LogP contribution in [-0.2, 0) is 21.7 Å². The average molecular weight is 281 g/mol. The molecule has 0 aliphatic carbocycles. The molecule has 17 heavy (non-hydrogen) atoms. The molecule has 0 spiro atoms. The van der Waals surface area contributed by atoms with Crippen LogP contribution in [0.4, 0.5) is 0 Å². The summed E-state index contributed by atoms with van der Waals surface area (Å²) in [5.41, 5.74) is 0. The standard InChI is InChI=1S/C5H5.3CH3O.5CH3.Ti/c1-2-4-5-3-1;3*1-2;;;;;;/h1-5H;3*1H3;5*1H3;/q9*-1;. The van der Waals surface area contributed by atoms with E-state index in [0.717, 1.165) is 21.3 Å². The molecular formula is C13H29O3Ti-9. The molecule has 0 N–H and O–H groups in total. The van der Waals surface area contributed by atoms with Crippen molar-refractivity contribution in [1.29, 1.82) is 0 Å². The molecule has 1 rings (SSSR count). The third-order valence-electron chi connectivity index (χ3n) is 0.556. The van der Waals surface area contributed by atoms with Crippen LogP contribution in [0.2, 0.25) is 0 Å². The Kier molecular flexibility index (Phi) is 585. The fourth-order valence-electron chi connectivity index (χ4n) is 0.321. The van der Waals surface area contributed by atoms with Gasteiger partial charge in [-0.1, -0.05) is 0 Å². The van der Waals surface area contributed by atoms with E-state index in [1.54, 1.807) is 0 Å². The van der Waals surface area contributed by atoms with Gasteiger partial charge < -0.3 is 52.5 Å². The minimum absolute atomic E-state index is 0. The molecule has 0 atom stereocenters. The molecule has 112 valence electrons. The summed E-state index contributed by atoms with van der Waals surface area (Å²) in [7, 11) is 2.25. The van der Waals surface area contributed by atoms with E-state index >= 15 is 0 Å². The molecule has 0 aromatic heterocycles. The van der Waals surface area contributed by atoms with E-state index in [2.05, 4.69) is 0 Å². The molecule has 0 saturated heterocycles. The van der Waals surface area contributed by atoms with E-state index in [0.29, 0.717) is 0 Å². The largest absolute Gasteiger partial charge is 0.857 e. The second-order valence-electron chi connectivity index (χ2n) is 0.962. The normalized spacial score (nSPS) is 3.41. The van der Waals surface area contributed by atoms with Crippen molar-refractivity contribution in [3.63, 3.8) is 0 Å². The molecule has 0 bridgehead atoms. The summed E-state index contributed by atoms with van der Waals surface area (Å²) in [5, 5.41) is 24.8. The molecule has 3 nitrogen and oxygen atoms in total. The second-order valence-corrected chi connectivity index (χ2v) is 0.962. The van der Waals surface area contributed by atoms with Crippen LogP contribution in [-0.4, -0.2) is 21.3 Å². The van der Waals surface area contributed by atoms with Gasteiger partial charge in [0.25, 0.3) is 0 Å². The molecule has 1 aromatic rings. The van der Waals surface area contributed by atoms with E-state index in [1.165, 1.54) is 0 Å². The molecule has 0 heterocycles. The SMILES string of the molecule is C[O-].C[O-].C[O-].[CH3-].[CH3-].[CH3-].[CH3-].[CH3-].[Ti].c1cc[cH-]c1. The first-order valence-corrected chi connectivity index (χ1v) is 2.89. The Balaban J connectivity index is -0.00000000705. The summed E-state index contributed by atoms with van der Waals surface area (Å²) in [6.45, 7) is 0. The van der Waals surface area contributed by atoms with Crippen molar-refractivity contribution in [1.82, 2.24) is 0 Å². The van der Waals surface area contributed by atoms with Crippen LogP contribution in [0.1, 0.15) is 0 Å². The van der Waals surface area contributed by atoms with Crippen molar-refractivity contribution in [3.8, 4) is 0 Å². The van der Waals surface area contributed by atoms with Crippen LogP contribution in [0.25, 0.3) is 0 Å². The maximum Gasteiger partial charge on any atom is 0 e. The summed E-state index contributed by atoms with van der Waals surface area (Å²) < 4.78 is 0. The maximum absolute atomic E-state index is 8.25. The summed E-state index contributed by atoms with van der Waals surface area (Å²) in [6, 6.07) is 10.0. The predicted molar refractivity (Wildman–Crippen MR) is 71.9 cm³/mol. The molecule has 0 amide bonds. The van der Waals surface area contributed by atoms with Crippen LogP contribution >= 0.6 is 0 Å². The van der Waals surface area contributed by atoms with Gasteiger partial charge >= 0.3 is 0 Å². The van der Waals surface area contributed by atoms with Crippen molar-refractivity contribution in [2.45, 2.75) is 0 Å². The van der Waals surface area contributed by atoms with Crippen molar-refractivity contribution in [2.75, 3.05) is 21.3 Å². The van der Waals surface area contributed by atoms with Crippen LogP contribution in [0, 0.1) is 37.1 Å². The monoisotopic (exact) mass is 281 g/mol. The molecule has 0 radical (unpaired) electrons. The fourth-order valence-corrected chi connectivity index (χ4v) is 0.321. The smallest absolute Gasteiger partial charge is 0 e. The van der Waals surface area contributed by atoms with Crippen molar-refractivity contribution >= 4 is 0 Å². The van der Waals surface area contributed by atoms with Crippen LogP contribution in [0.5, 0.6) is 0 Å². The second kappa shape index (κ2) is 146. The number of hydrogen-bond acceptors (Lipinski definition) is 3. The Morgan fingerprint density at radius 2 is 0.765 bits per heavy atom. The van der Waals surface area contributed by atoms with Crippen molar-refractivity contribution in [3.05, 3.63) is 67.5 Å². The van der Waals surface area contributed by atoms with Gasteiger partial charge in [-0.25, -0.2) is 12.1 Å². The minimum atomic E-state index is 0. The molecule has 0 fully saturated rings. The van der Waals surface area contributed by atoms with Crippen molar-refractivity contribution < 1.29 is 37.0 Å². The van der Waals surface area contributed by atoms with Crippen molar-refractivity contribution in [2.24, 2.45) is 0 Å². The summed E-state index contributed by atoms with van der Waals surface area (Å²) in [6.07, 6.45) is 0. The van der Waals surface area contributed by atoms with Gasteiger partial charge in [-0.3, -0.25) is 0 Å². The van der Waals surface area contributed by atoms with E-state index in [1.807, 2.05) is 30.3 Å². The molecular weight excluding hydrogens is 252 g/mol. The number of hydrogen-bond donors (Lipinski definition) is 0. The Hall–Kier alpha value is -0.0557. The Morgan fingerprint density at radius 1 is 0.588 bits per heavy atom. The minimum Gasteiger partial charge on any atom is -0.857 e. The summed E-state index contributed by atoms with van der Waals surface area (Å²) >= 11 is 0. The average Bonchev–Trinajstić information content (AvgIpc) is 2.71. The Labute approximate surface area is 126 Å². The topological polar surface area (TPSA) is 69.2 Å². The van der Waals surface area contributed by atoms with E-state index < -0.39 is 0 Å². The quantitative estimate of drug-likeness (QED) is 0.516. The summed E-state index contributed by atoms with van der Waals surface area (Å²) in [4.78, 5) is 0.